The number of hydrogen-bond acceptors (Lipinski definition) is 6. The van der Waals surface area contributed by atoms with Crippen LogP contribution in [-0.4, -0.2) is 48.2 Å². The van der Waals surface area contributed by atoms with Crippen LogP contribution < -0.4 is 4.74 Å². The lowest BCUT2D eigenvalue weighted by molar-refractivity contribution is 0.140. The van der Waals surface area contributed by atoms with Crippen LogP contribution in [0.25, 0.3) is 10.2 Å². The molecule has 1 aliphatic rings. The summed E-state index contributed by atoms with van der Waals surface area (Å²) in [6.07, 6.45) is 2.39. The first-order valence-electron chi connectivity index (χ1n) is 6.87. The molecular formula is C14H19N3O2S. The molecule has 3 heterocycles. The number of rotatable bonds is 5. The standard InChI is InChI=1S/C14H19N3O2S/c1-18-9-8-17-7-3-4-12(17)11-6-5-10-13(19-2)16-20-14(10)15-11/h5-6,12H,3-4,7-9H2,1-2H3. The Kier molecular flexibility index (Phi) is 4.14. The topological polar surface area (TPSA) is 47.5 Å². The predicted molar refractivity (Wildman–Crippen MR) is 79.4 cm³/mol. The second kappa shape index (κ2) is 6.03. The third kappa shape index (κ3) is 2.51. The smallest absolute Gasteiger partial charge is 0.234 e. The van der Waals surface area contributed by atoms with Crippen LogP contribution in [0, 0.1) is 0 Å². The van der Waals surface area contributed by atoms with Crippen LogP contribution in [0.5, 0.6) is 5.88 Å². The molecule has 20 heavy (non-hydrogen) atoms. The summed E-state index contributed by atoms with van der Waals surface area (Å²) in [5.74, 6) is 0.673. The molecule has 0 aliphatic carbocycles. The quantitative estimate of drug-likeness (QED) is 0.847. The molecule has 5 nitrogen and oxygen atoms in total. The van der Waals surface area contributed by atoms with Crippen molar-refractivity contribution in [3.8, 4) is 5.88 Å². The van der Waals surface area contributed by atoms with Gasteiger partial charge in [-0.25, -0.2) is 4.98 Å². The summed E-state index contributed by atoms with van der Waals surface area (Å²) in [6.45, 7) is 2.86. The van der Waals surface area contributed by atoms with Crippen molar-refractivity contribution in [3.63, 3.8) is 0 Å². The average molecular weight is 293 g/mol. The number of methoxy groups -OCH3 is 2. The summed E-state index contributed by atoms with van der Waals surface area (Å²) in [7, 11) is 3.39. The van der Waals surface area contributed by atoms with E-state index in [0.29, 0.717) is 11.9 Å². The van der Waals surface area contributed by atoms with Crippen molar-refractivity contribution in [1.29, 1.82) is 0 Å². The molecule has 6 heteroatoms. The van der Waals surface area contributed by atoms with Crippen molar-refractivity contribution in [2.24, 2.45) is 0 Å². The third-order valence-electron chi connectivity index (χ3n) is 3.81. The Balaban J connectivity index is 1.85. The van der Waals surface area contributed by atoms with Crippen molar-refractivity contribution in [2.75, 3.05) is 33.9 Å². The van der Waals surface area contributed by atoms with E-state index < -0.39 is 0 Å². The molecule has 1 fully saturated rings. The van der Waals surface area contributed by atoms with Crippen LogP contribution in [0.3, 0.4) is 0 Å². The SMILES string of the molecule is COCCN1CCCC1c1ccc2c(OC)nsc2n1. The van der Waals surface area contributed by atoms with Gasteiger partial charge in [0.05, 0.1) is 30.8 Å². The molecule has 0 aromatic carbocycles. The van der Waals surface area contributed by atoms with Gasteiger partial charge in [-0.15, -0.1) is 0 Å². The van der Waals surface area contributed by atoms with Gasteiger partial charge in [-0.1, -0.05) is 0 Å². The van der Waals surface area contributed by atoms with Crippen LogP contribution in [0.15, 0.2) is 12.1 Å². The van der Waals surface area contributed by atoms with Crippen LogP contribution in [0.1, 0.15) is 24.6 Å². The largest absolute Gasteiger partial charge is 0.480 e. The lowest BCUT2D eigenvalue weighted by Gasteiger charge is -2.23. The van der Waals surface area contributed by atoms with E-state index in [1.807, 2.05) is 0 Å². The molecule has 1 atom stereocenters. The molecule has 1 unspecified atom stereocenters. The second-order valence-corrected chi connectivity index (χ2v) is 5.72. The van der Waals surface area contributed by atoms with Crippen molar-refractivity contribution in [3.05, 3.63) is 17.8 Å². The van der Waals surface area contributed by atoms with Gasteiger partial charge in [0.25, 0.3) is 0 Å². The number of ether oxygens (including phenoxy) is 2. The van der Waals surface area contributed by atoms with Gasteiger partial charge in [-0.2, -0.15) is 4.37 Å². The Morgan fingerprint density at radius 1 is 1.40 bits per heavy atom. The minimum atomic E-state index is 0.405. The number of aromatic nitrogens is 2. The van der Waals surface area contributed by atoms with Crippen LogP contribution in [-0.2, 0) is 4.74 Å². The predicted octanol–water partition coefficient (Wildman–Crippen LogP) is 2.48. The first-order valence-corrected chi connectivity index (χ1v) is 7.64. The summed E-state index contributed by atoms with van der Waals surface area (Å²) in [4.78, 5) is 8.19. The zero-order chi connectivity index (χ0) is 13.9. The Morgan fingerprint density at radius 3 is 3.10 bits per heavy atom. The van der Waals surface area contributed by atoms with E-state index in [1.165, 1.54) is 18.0 Å². The molecule has 0 bridgehead atoms. The molecule has 0 amide bonds. The normalized spacial score (nSPS) is 19.8. The maximum absolute atomic E-state index is 5.24. The van der Waals surface area contributed by atoms with E-state index in [-0.39, 0.29) is 0 Å². The first kappa shape index (κ1) is 13.7. The van der Waals surface area contributed by atoms with Gasteiger partial charge >= 0.3 is 0 Å². The average Bonchev–Trinajstić information content (AvgIpc) is 3.10. The van der Waals surface area contributed by atoms with E-state index in [0.717, 1.165) is 42.0 Å². The third-order valence-corrected chi connectivity index (χ3v) is 4.55. The van der Waals surface area contributed by atoms with Gasteiger partial charge in [0.15, 0.2) is 0 Å². The van der Waals surface area contributed by atoms with Gasteiger partial charge in [-0.3, -0.25) is 4.90 Å². The molecule has 2 aromatic rings. The van der Waals surface area contributed by atoms with Crippen molar-refractivity contribution in [1.82, 2.24) is 14.3 Å². The van der Waals surface area contributed by atoms with Crippen molar-refractivity contribution in [2.45, 2.75) is 18.9 Å². The summed E-state index contributed by atoms with van der Waals surface area (Å²) in [6, 6.07) is 4.59. The fourth-order valence-corrected chi connectivity index (χ4v) is 3.53. The Bertz CT molecular complexity index is 587. The molecule has 0 spiro atoms. The fraction of sp³-hybridized carbons (Fsp3) is 0.571. The zero-order valence-electron chi connectivity index (χ0n) is 11.8. The first-order chi connectivity index (χ1) is 9.83. The molecule has 1 aliphatic heterocycles. The van der Waals surface area contributed by atoms with Gasteiger partial charge in [0.1, 0.15) is 4.83 Å². The van der Waals surface area contributed by atoms with Gasteiger partial charge in [0.2, 0.25) is 5.88 Å². The molecule has 1 saturated heterocycles. The highest BCUT2D eigenvalue weighted by Gasteiger charge is 2.27. The maximum Gasteiger partial charge on any atom is 0.234 e. The molecular weight excluding hydrogens is 274 g/mol. The highest BCUT2D eigenvalue weighted by molar-refractivity contribution is 7.13. The number of likely N-dealkylation sites (tertiary alicyclic amines) is 1. The molecule has 0 saturated carbocycles. The minimum Gasteiger partial charge on any atom is -0.480 e. The summed E-state index contributed by atoms with van der Waals surface area (Å²) in [5.41, 5.74) is 1.14. The summed E-state index contributed by atoms with van der Waals surface area (Å²) >= 11 is 1.40. The summed E-state index contributed by atoms with van der Waals surface area (Å²) < 4.78 is 14.7. The Labute approximate surface area is 122 Å². The van der Waals surface area contributed by atoms with Crippen LogP contribution >= 0.6 is 11.5 Å². The van der Waals surface area contributed by atoms with E-state index in [1.54, 1.807) is 14.2 Å². The number of fused-ring (bicyclic) bond motifs is 1. The van der Waals surface area contributed by atoms with E-state index in [2.05, 4.69) is 21.4 Å². The lowest BCUT2D eigenvalue weighted by Crippen LogP contribution is -2.27. The number of nitrogens with zero attached hydrogens (tertiary/aromatic N) is 3. The molecule has 2 aromatic heterocycles. The molecule has 0 radical (unpaired) electrons. The fourth-order valence-electron chi connectivity index (χ4n) is 2.79. The molecule has 3 rings (SSSR count). The highest BCUT2D eigenvalue weighted by Crippen LogP contribution is 2.33. The van der Waals surface area contributed by atoms with Crippen molar-refractivity contribution < 1.29 is 9.47 Å². The highest BCUT2D eigenvalue weighted by atomic mass is 32.1. The van der Waals surface area contributed by atoms with Gasteiger partial charge in [-0.05, 0) is 43.1 Å². The van der Waals surface area contributed by atoms with E-state index >= 15 is 0 Å². The Hall–Kier alpha value is -1.24. The minimum absolute atomic E-state index is 0.405. The van der Waals surface area contributed by atoms with Crippen LogP contribution in [0.2, 0.25) is 0 Å². The van der Waals surface area contributed by atoms with E-state index in [9.17, 15) is 0 Å². The van der Waals surface area contributed by atoms with Crippen LogP contribution in [0.4, 0.5) is 0 Å². The summed E-state index contributed by atoms with van der Waals surface area (Å²) in [5, 5.41) is 1.00. The second-order valence-electron chi connectivity index (χ2n) is 4.97. The lowest BCUT2D eigenvalue weighted by atomic mass is 10.1. The number of pyridine rings is 1. The van der Waals surface area contributed by atoms with Gasteiger partial charge in [0, 0.05) is 13.7 Å². The van der Waals surface area contributed by atoms with Gasteiger partial charge < -0.3 is 9.47 Å². The number of hydrogen-bond donors (Lipinski definition) is 0. The van der Waals surface area contributed by atoms with Crippen molar-refractivity contribution >= 4 is 21.7 Å². The maximum atomic E-state index is 5.24. The molecule has 0 N–H and O–H groups in total. The monoisotopic (exact) mass is 293 g/mol. The molecule has 108 valence electrons. The zero-order valence-corrected chi connectivity index (χ0v) is 12.7. The van der Waals surface area contributed by atoms with E-state index in [4.69, 9.17) is 14.5 Å². The Morgan fingerprint density at radius 2 is 2.30 bits per heavy atom.